The van der Waals surface area contributed by atoms with Crippen LogP contribution in [0.2, 0.25) is 0 Å². The third-order valence-corrected chi connectivity index (χ3v) is 6.99. The fraction of sp³-hybridized carbons (Fsp3) is 0.571. The Morgan fingerprint density at radius 1 is 0.778 bits per heavy atom. The third kappa shape index (κ3) is 8.70. The van der Waals surface area contributed by atoms with Gasteiger partial charge in [0.15, 0.2) is 0 Å². The molecule has 200 valence electrons. The normalized spacial score (nSPS) is 17.9. The standard InChI is InChI=1S/C17H28BNO3.C11H18N2O/c1-13(19(6)7)12-20-15-10-8-9-14(11-15)18-21-16(2,3)17(4,5)22-18;1-9(13(2)3)8-14-11-6-4-5-10(12)7-11/h8-11,13H,12H2,1-7H3;4-7,9H,8,12H2,1-3H3. The number of hydrogen-bond acceptors (Lipinski definition) is 7. The number of rotatable bonds is 9. The average molecular weight is 500 g/mol. The van der Waals surface area contributed by atoms with Crippen molar-refractivity contribution in [2.24, 2.45) is 0 Å². The van der Waals surface area contributed by atoms with Crippen LogP contribution in [0, 0.1) is 0 Å². The van der Waals surface area contributed by atoms with Crippen molar-refractivity contribution in [2.75, 3.05) is 47.1 Å². The van der Waals surface area contributed by atoms with Crippen LogP contribution >= 0.6 is 0 Å². The number of benzene rings is 2. The molecule has 36 heavy (non-hydrogen) atoms. The summed E-state index contributed by atoms with van der Waals surface area (Å²) in [5.41, 5.74) is 6.71. The largest absolute Gasteiger partial charge is 0.494 e. The maximum absolute atomic E-state index is 6.08. The first-order valence-corrected chi connectivity index (χ1v) is 12.6. The van der Waals surface area contributed by atoms with Gasteiger partial charge in [-0.1, -0.05) is 18.2 Å². The molecule has 1 aliphatic heterocycles. The Morgan fingerprint density at radius 3 is 1.67 bits per heavy atom. The van der Waals surface area contributed by atoms with Crippen LogP contribution in [0.15, 0.2) is 48.5 Å². The van der Waals surface area contributed by atoms with Gasteiger partial charge in [0.05, 0.1) is 11.2 Å². The molecule has 1 saturated heterocycles. The minimum atomic E-state index is -0.347. The first-order valence-electron chi connectivity index (χ1n) is 12.6. The Bertz CT molecular complexity index is 936. The van der Waals surface area contributed by atoms with Gasteiger partial charge in [-0.25, -0.2) is 0 Å². The van der Waals surface area contributed by atoms with Gasteiger partial charge >= 0.3 is 7.12 Å². The molecule has 3 rings (SSSR count). The highest BCUT2D eigenvalue weighted by molar-refractivity contribution is 6.62. The molecule has 8 heteroatoms. The van der Waals surface area contributed by atoms with Crippen molar-refractivity contribution >= 4 is 18.3 Å². The number of hydrogen-bond donors (Lipinski definition) is 1. The Balaban J connectivity index is 0.000000281. The van der Waals surface area contributed by atoms with Gasteiger partial charge in [-0.3, -0.25) is 0 Å². The summed E-state index contributed by atoms with van der Waals surface area (Å²) in [4.78, 5) is 4.25. The van der Waals surface area contributed by atoms with Crippen LogP contribution in [0.1, 0.15) is 41.5 Å². The van der Waals surface area contributed by atoms with Crippen LogP contribution in [0.4, 0.5) is 5.69 Å². The van der Waals surface area contributed by atoms with Gasteiger partial charge in [0.2, 0.25) is 0 Å². The van der Waals surface area contributed by atoms with Gasteiger partial charge in [0, 0.05) is 23.8 Å². The lowest BCUT2D eigenvalue weighted by Gasteiger charge is -2.32. The molecular formula is C28H46BN3O4. The molecule has 0 amide bonds. The van der Waals surface area contributed by atoms with E-state index in [1.54, 1.807) is 0 Å². The monoisotopic (exact) mass is 499 g/mol. The molecular weight excluding hydrogens is 453 g/mol. The van der Waals surface area contributed by atoms with Crippen LogP contribution in [-0.4, -0.2) is 81.6 Å². The number of nitrogen functional groups attached to an aromatic ring is 1. The van der Waals surface area contributed by atoms with E-state index in [0.717, 1.165) is 22.6 Å². The average Bonchev–Trinajstić information content (AvgIpc) is 3.03. The molecule has 2 aromatic rings. The molecule has 0 spiro atoms. The minimum absolute atomic E-state index is 0.325. The van der Waals surface area contributed by atoms with Crippen molar-refractivity contribution in [3.63, 3.8) is 0 Å². The van der Waals surface area contributed by atoms with Gasteiger partial charge < -0.3 is 34.3 Å². The molecule has 2 aromatic carbocycles. The molecule has 0 aromatic heterocycles. The summed E-state index contributed by atoms with van der Waals surface area (Å²) in [7, 11) is 7.82. The number of ether oxygens (including phenoxy) is 2. The van der Waals surface area contributed by atoms with Gasteiger partial charge in [-0.2, -0.15) is 0 Å². The Hall–Kier alpha value is -2.26. The highest BCUT2D eigenvalue weighted by atomic mass is 16.7. The van der Waals surface area contributed by atoms with E-state index in [2.05, 4.69) is 65.4 Å². The number of anilines is 1. The third-order valence-electron chi connectivity index (χ3n) is 6.99. The summed E-state index contributed by atoms with van der Waals surface area (Å²) in [5, 5.41) is 0. The van der Waals surface area contributed by atoms with Gasteiger partial charge in [-0.15, -0.1) is 0 Å². The number of nitrogens with two attached hydrogens (primary N) is 1. The van der Waals surface area contributed by atoms with Crippen LogP contribution in [0.3, 0.4) is 0 Å². The molecule has 0 radical (unpaired) electrons. The van der Waals surface area contributed by atoms with Crippen LogP contribution in [-0.2, 0) is 9.31 Å². The van der Waals surface area contributed by atoms with Crippen LogP contribution in [0.25, 0.3) is 0 Å². The zero-order valence-electron chi connectivity index (χ0n) is 23.9. The maximum Gasteiger partial charge on any atom is 0.494 e. The molecule has 0 bridgehead atoms. The lowest BCUT2D eigenvalue weighted by atomic mass is 9.79. The van der Waals surface area contributed by atoms with E-state index >= 15 is 0 Å². The molecule has 7 nitrogen and oxygen atoms in total. The molecule has 2 N–H and O–H groups in total. The molecule has 0 saturated carbocycles. The zero-order valence-corrected chi connectivity index (χ0v) is 23.9. The lowest BCUT2D eigenvalue weighted by molar-refractivity contribution is 0.00578. The fourth-order valence-electron chi connectivity index (χ4n) is 3.07. The fourth-order valence-corrected chi connectivity index (χ4v) is 3.07. The molecule has 2 atom stereocenters. The number of nitrogens with zero attached hydrogens (tertiary/aromatic N) is 2. The Labute approximate surface area is 219 Å². The van der Waals surface area contributed by atoms with Crippen molar-refractivity contribution in [1.29, 1.82) is 0 Å². The van der Waals surface area contributed by atoms with Crippen molar-refractivity contribution in [3.05, 3.63) is 48.5 Å². The quantitative estimate of drug-likeness (QED) is 0.415. The van der Waals surface area contributed by atoms with Crippen molar-refractivity contribution in [2.45, 2.75) is 64.8 Å². The molecule has 1 heterocycles. The van der Waals surface area contributed by atoms with Crippen molar-refractivity contribution in [1.82, 2.24) is 9.80 Å². The minimum Gasteiger partial charge on any atom is -0.492 e. The summed E-state index contributed by atoms with van der Waals surface area (Å²) < 4.78 is 23.6. The summed E-state index contributed by atoms with van der Waals surface area (Å²) in [6.45, 7) is 13.8. The van der Waals surface area contributed by atoms with Crippen molar-refractivity contribution < 1.29 is 18.8 Å². The summed E-state index contributed by atoms with van der Waals surface area (Å²) in [6, 6.07) is 16.2. The van der Waals surface area contributed by atoms with E-state index in [1.165, 1.54) is 0 Å². The second-order valence-electron chi connectivity index (χ2n) is 11.0. The van der Waals surface area contributed by atoms with Crippen molar-refractivity contribution in [3.8, 4) is 11.5 Å². The van der Waals surface area contributed by atoms with Crippen LogP contribution < -0.4 is 20.7 Å². The first kappa shape index (κ1) is 30.0. The van der Waals surface area contributed by atoms with Gasteiger partial charge in [0.25, 0.3) is 0 Å². The molecule has 2 unspecified atom stereocenters. The predicted octanol–water partition coefficient (Wildman–Crippen LogP) is 3.91. The SMILES string of the molecule is CC(COc1cccc(B2OC(C)(C)C(C)(C)O2)c1)N(C)C.CC(COc1cccc(N)c1)N(C)C. The first-order chi connectivity index (χ1) is 16.7. The highest BCUT2D eigenvalue weighted by Crippen LogP contribution is 2.36. The summed E-state index contributed by atoms with van der Waals surface area (Å²) in [6.07, 6.45) is 0. The number of likely N-dealkylation sites (N-methyl/N-ethyl adjacent to an activating group) is 2. The zero-order chi connectivity index (χ0) is 27.1. The Morgan fingerprint density at radius 2 is 1.22 bits per heavy atom. The van der Waals surface area contributed by atoms with Gasteiger partial charge in [0.1, 0.15) is 24.7 Å². The van der Waals surface area contributed by atoms with E-state index < -0.39 is 0 Å². The topological polar surface area (TPSA) is 69.4 Å². The highest BCUT2D eigenvalue weighted by Gasteiger charge is 2.51. The predicted molar refractivity (Wildman–Crippen MR) is 150 cm³/mol. The molecule has 0 aliphatic carbocycles. The Kier molecular flexibility index (Phi) is 10.7. The maximum atomic E-state index is 6.08. The van der Waals surface area contributed by atoms with Gasteiger partial charge in [-0.05, 0) is 99.5 Å². The second-order valence-corrected chi connectivity index (χ2v) is 11.0. The van der Waals surface area contributed by atoms with Crippen LogP contribution in [0.5, 0.6) is 11.5 Å². The smallest absolute Gasteiger partial charge is 0.492 e. The summed E-state index contributed by atoms with van der Waals surface area (Å²) in [5.74, 6) is 1.68. The van der Waals surface area contributed by atoms with E-state index in [9.17, 15) is 0 Å². The van der Waals surface area contributed by atoms with E-state index in [0.29, 0.717) is 25.3 Å². The lowest BCUT2D eigenvalue weighted by Crippen LogP contribution is -2.41. The molecule has 1 aliphatic rings. The van der Waals surface area contributed by atoms with E-state index in [4.69, 9.17) is 24.5 Å². The van der Waals surface area contributed by atoms with E-state index in [-0.39, 0.29) is 18.3 Å². The second kappa shape index (κ2) is 12.8. The summed E-state index contributed by atoms with van der Waals surface area (Å²) >= 11 is 0. The van der Waals surface area contributed by atoms with E-state index in [1.807, 2.05) is 62.6 Å². The molecule has 1 fully saturated rings.